The van der Waals surface area contributed by atoms with Gasteiger partial charge < -0.3 is 10.1 Å². The maximum absolute atomic E-state index is 12.7. The van der Waals surface area contributed by atoms with E-state index in [9.17, 15) is 13.6 Å². The minimum atomic E-state index is -2.99. The third-order valence-corrected chi connectivity index (χ3v) is 4.66. The number of rotatable bonds is 5. The van der Waals surface area contributed by atoms with Gasteiger partial charge in [0.2, 0.25) is 0 Å². The smallest absolute Gasteiger partial charge is 0.387 e. The number of anilines is 1. The normalized spacial score (nSPS) is 11.1. The molecule has 9 heteroatoms. The summed E-state index contributed by atoms with van der Waals surface area (Å²) in [5.74, 6) is -0.643. The van der Waals surface area contributed by atoms with Gasteiger partial charge in [0.15, 0.2) is 5.65 Å². The van der Waals surface area contributed by atoms with Gasteiger partial charge in [-0.05, 0) is 29.6 Å². The van der Waals surface area contributed by atoms with E-state index in [1.54, 1.807) is 34.2 Å². The van der Waals surface area contributed by atoms with Crippen LogP contribution < -0.4 is 10.1 Å². The number of alkyl halides is 2. The first-order chi connectivity index (χ1) is 13.1. The van der Waals surface area contributed by atoms with E-state index in [2.05, 4.69) is 20.1 Å². The Morgan fingerprint density at radius 1 is 1.19 bits per heavy atom. The van der Waals surface area contributed by atoms with Gasteiger partial charge in [-0.3, -0.25) is 4.79 Å². The number of hydrogen-bond acceptors (Lipinski definition) is 5. The summed E-state index contributed by atoms with van der Waals surface area (Å²) in [6.07, 6.45) is 2.99. The van der Waals surface area contributed by atoms with E-state index in [4.69, 9.17) is 0 Å². The van der Waals surface area contributed by atoms with Crippen LogP contribution in [0.25, 0.3) is 16.2 Å². The Hall–Kier alpha value is -3.33. The van der Waals surface area contributed by atoms with Crippen LogP contribution in [0.1, 0.15) is 10.4 Å². The zero-order valence-electron chi connectivity index (χ0n) is 13.7. The average molecular weight is 386 g/mol. The van der Waals surface area contributed by atoms with Gasteiger partial charge in [0, 0.05) is 6.20 Å². The molecule has 0 aliphatic rings. The summed E-state index contributed by atoms with van der Waals surface area (Å²) in [5.41, 5.74) is 1.53. The number of carbonyl (C=O) groups excluding carboxylic acids is 1. The Kier molecular flexibility index (Phi) is 4.51. The number of aromatic nitrogens is 3. The van der Waals surface area contributed by atoms with Crippen molar-refractivity contribution in [2.24, 2.45) is 0 Å². The summed E-state index contributed by atoms with van der Waals surface area (Å²) >= 11 is 1.54. The number of benzene rings is 1. The van der Waals surface area contributed by atoms with Crippen molar-refractivity contribution < 1.29 is 18.3 Å². The van der Waals surface area contributed by atoms with Crippen molar-refractivity contribution in [2.75, 3.05) is 5.32 Å². The molecule has 3 aromatic heterocycles. The van der Waals surface area contributed by atoms with E-state index in [0.29, 0.717) is 5.65 Å². The average Bonchev–Trinajstić information content (AvgIpc) is 3.32. The van der Waals surface area contributed by atoms with Crippen LogP contribution in [0.4, 0.5) is 14.5 Å². The van der Waals surface area contributed by atoms with Gasteiger partial charge >= 0.3 is 6.61 Å². The molecule has 4 aromatic rings. The maximum Gasteiger partial charge on any atom is 0.387 e. The second-order valence-corrected chi connectivity index (χ2v) is 6.38. The molecule has 3 heterocycles. The highest BCUT2D eigenvalue weighted by atomic mass is 32.1. The van der Waals surface area contributed by atoms with Crippen LogP contribution in [0.15, 0.2) is 60.2 Å². The molecule has 0 fully saturated rings. The summed E-state index contributed by atoms with van der Waals surface area (Å²) in [5, 5.41) is 8.78. The lowest BCUT2D eigenvalue weighted by Crippen LogP contribution is -2.14. The Morgan fingerprint density at radius 3 is 2.81 bits per heavy atom. The lowest BCUT2D eigenvalue weighted by Gasteiger charge is -2.11. The van der Waals surface area contributed by atoms with Gasteiger partial charge in [0.1, 0.15) is 11.3 Å². The minimum Gasteiger partial charge on any atom is -0.433 e. The molecule has 0 aliphatic carbocycles. The van der Waals surface area contributed by atoms with Crippen LogP contribution >= 0.6 is 11.3 Å². The quantitative estimate of drug-likeness (QED) is 0.555. The first-order valence-corrected chi connectivity index (χ1v) is 8.73. The molecule has 0 unspecified atom stereocenters. The SMILES string of the molecule is O=C(Nc1ccccc1OC(F)F)c1cnn2c(-c3cccs3)ccnc12. The van der Waals surface area contributed by atoms with Crippen molar-refractivity contribution in [2.45, 2.75) is 6.61 Å². The van der Waals surface area contributed by atoms with Crippen LogP contribution in [-0.2, 0) is 0 Å². The third-order valence-electron chi connectivity index (χ3n) is 3.77. The summed E-state index contributed by atoms with van der Waals surface area (Å²) in [6.45, 7) is -2.99. The van der Waals surface area contributed by atoms with Crippen LogP contribution in [0.2, 0.25) is 0 Å². The first-order valence-electron chi connectivity index (χ1n) is 7.85. The van der Waals surface area contributed by atoms with E-state index < -0.39 is 12.5 Å². The second kappa shape index (κ2) is 7.12. The maximum atomic E-state index is 12.7. The summed E-state index contributed by atoms with van der Waals surface area (Å²) < 4.78 is 31.1. The second-order valence-electron chi connectivity index (χ2n) is 5.43. The molecular weight excluding hydrogens is 374 g/mol. The molecule has 0 atom stereocenters. The zero-order chi connectivity index (χ0) is 18.8. The van der Waals surface area contributed by atoms with Gasteiger partial charge in [-0.25, -0.2) is 9.50 Å². The lowest BCUT2D eigenvalue weighted by atomic mass is 10.2. The predicted octanol–water partition coefficient (Wildman–Crippen LogP) is 4.31. The molecule has 0 saturated heterocycles. The fourth-order valence-electron chi connectivity index (χ4n) is 2.62. The number of nitrogens with zero attached hydrogens (tertiary/aromatic N) is 3. The van der Waals surface area contributed by atoms with Crippen LogP contribution in [0.5, 0.6) is 5.75 Å². The number of fused-ring (bicyclic) bond motifs is 1. The number of amides is 1. The van der Waals surface area contributed by atoms with Gasteiger partial charge in [0.05, 0.1) is 22.5 Å². The van der Waals surface area contributed by atoms with E-state index in [1.807, 2.05) is 17.5 Å². The highest BCUT2D eigenvalue weighted by Crippen LogP contribution is 2.28. The van der Waals surface area contributed by atoms with Crippen molar-refractivity contribution in [3.05, 3.63) is 65.8 Å². The molecule has 27 heavy (non-hydrogen) atoms. The molecule has 6 nitrogen and oxygen atoms in total. The first kappa shape index (κ1) is 17.1. The number of hydrogen-bond donors (Lipinski definition) is 1. The molecular formula is C18H12F2N4O2S. The molecule has 0 saturated carbocycles. The van der Waals surface area contributed by atoms with Gasteiger partial charge in [0.25, 0.3) is 5.91 Å². The summed E-state index contributed by atoms with van der Waals surface area (Å²) in [7, 11) is 0. The number of ether oxygens (including phenoxy) is 1. The van der Waals surface area contributed by atoms with Gasteiger partial charge in [-0.15, -0.1) is 11.3 Å². The van der Waals surface area contributed by atoms with Crippen LogP contribution in [0.3, 0.4) is 0 Å². The van der Waals surface area contributed by atoms with Crippen LogP contribution in [-0.4, -0.2) is 27.1 Å². The van der Waals surface area contributed by atoms with Gasteiger partial charge in [-0.1, -0.05) is 18.2 Å². The summed E-state index contributed by atoms with van der Waals surface area (Å²) in [4.78, 5) is 17.9. The molecule has 4 rings (SSSR count). The molecule has 1 amide bonds. The third kappa shape index (κ3) is 3.36. The highest BCUT2D eigenvalue weighted by Gasteiger charge is 2.18. The fourth-order valence-corrected chi connectivity index (χ4v) is 3.36. The van der Waals surface area contributed by atoms with E-state index in [-0.39, 0.29) is 17.0 Å². The molecule has 0 bridgehead atoms. The van der Waals surface area contributed by atoms with E-state index in [0.717, 1.165) is 10.6 Å². The predicted molar refractivity (Wildman–Crippen MR) is 97.3 cm³/mol. The van der Waals surface area contributed by atoms with E-state index >= 15 is 0 Å². The zero-order valence-corrected chi connectivity index (χ0v) is 14.5. The van der Waals surface area contributed by atoms with Crippen molar-refractivity contribution >= 4 is 28.6 Å². The Bertz CT molecular complexity index is 1100. The summed E-state index contributed by atoms with van der Waals surface area (Å²) in [6, 6.07) is 11.6. The highest BCUT2D eigenvalue weighted by molar-refractivity contribution is 7.13. The number of halogens is 2. The Morgan fingerprint density at radius 2 is 2.04 bits per heavy atom. The molecule has 1 N–H and O–H groups in total. The molecule has 0 spiro atoms. The van der Waals surface area contributed by atoms with Crippen LogP contribution in [0, 0.1) is 0 Å². The van der Waals surface area contributed by atoms with E-state index in [1.165, 1.54) is 24.4 Å². The number of thiophene rings is 1. The number of nitrogens with one attached hydrogen (secondary N) is 1. The van der Waals surface area contributed by atoms with Crippen molar-refractivity contribution in [1.82, 2.24) is 14.6 Å². The van der Waals surface area contributed by atoms with Crippen molar-refractivity contribution in [3.8, 4) is 16.3 Å². The topological polar surface area (TPSA) is 68.5 Å². The number of para-hydroxylation sites is 2. The Balaban J connectivity index is 1.68. The lowest BCUT2D eigenvalue weighted by molar-refractivity contribution is -0.0493. The fraction of sp³-hybridized carbons (Fsp3) is 0.0556. The molecule has 0 aliphatic heterocycles. The standard InChI is InChI=1S/C18H12F2N4O2S/c19-18(20)26-14-5-2-1-4-12(14)23-17(25)11-10-22-24-13(7-8-21-16(11)24)15-6-3-9-27-15/h1-10,18H,(H,23,25). The molecule has 0 radical (unpaired) electrons. The monoisotopic (exact) mass is 386 g/mol. The number of carbonyl (C=O) groups is 1. The van der Waals surface area contributed by atoms with Crippen molar-refractivity contribution in [1.29, 1.82) is 0 Å². The van der Waals surface area contributed by atoms with Gasteiger partial charge in [-0.2, -0.15) is 13.9 Å². The Labute approximate surface area is 156 Å². The van der Waals surface area contributed by atoms with Crippen molar-refractivity contribution in [3.63, 3.8) is 0 Å². The largest absolute Gasteiger partial charge is 0.433 e. The molecule has 1 aromatic carbocycles. The molecule has 136 valence electrons. The minimum absolute atomic E-state index is 0.121.